The van der Waals surface area contributed by atoms with E-state index in [0.717, 1.165) is 39.3 Å². The second-order valence-corrected chi connectivity index (χ2v) is 14.6. The summed E-state index contributed by atoms with van der Waals surface area (Å²) in [5, 5.41) is 0. The summed E-state index contributed by atoms with van der Waals surface area (Å²) < 4.78 is 17.5. The molecule has 0 fully saturated rings. The van der Waals surface area contributed by atoms with Crippen molar-refractivity contribution in [3.8, 4) is 28.0 Å². The van der Waals surface area contributed by atoms with Crippen molar-refractivity contribution in [1.82, 2.24) is 19.9 Å². The molecule has 5 heterocycles. The highest BCUT2D eigenvalue weighted by molar-refractivity contribution is 6.11. The zero-order valence-electron chi connectivity index (χ0n) is 30.8. The van der Waals surface area contributed by atoms with Crippen LogP contribution in [0.5, 0.6) is 5.75 Å². The van der Waals surface area contributed by atoms with Gasteiger partial charge in [0.25, 0.3) is 0 Å². The first-order chi connectivity index (χ1) is 25.0. The predicted molar refractivity (Wildman–Crippen MR) is 204 cm³/mol. The summed E-state index contributed by atoms with van der Waals surface area (Å²) >= 11 is 0. The summed E-state index contributed by atoms with van der Waals surface area (Å²) in [5.41, 5.74) is 8.81. The number of ether oxygens (including phenoxy) is 3. The average Bonchev–Trinajstić information content (AvgIpc) is 3.82. The molecule has 266 valence electrons. The number of carbonyl (C=O) groups is 2. The van der Waals surface area contributed by atoms with Gasteiger partial charge in [-0.25, -0.2) is 9.59 Å². The third kappa shape index (κ3) is 6.14. The quantitative estimate of drug-likeness (QED) is 0.163. The molecule has 0 unspecified atom stereocenters. The van der Waals surface area contributed by atoms with Gasteiger partial charge in [-0.2, -0.15) is 0 Å². The molecule has 0 aliphatic carbocycles. The van der Waals surface area contributed by atoms with Gasteiger partial charge in [0.2, 0.25) is 0 Å². The Balaban J connectivity index is 1.71. The van der Waals surface area contributed by atoms with E-state index in [1.165, 1.54) is 0 Å². The summed E-state index contributed by atoms with van der Waals surface area (Å²) in [6, 6.07) is 25.7. The molecule has 9 nitrogen and oxygen atoms in total. The maximum absolute atomic E-state index is 14.0. The Kier molecular flexibility index (Phi) is 8.98. The Morgan fingerprint density at radius 3 is 1.77 bits per heavy atom. The highest BCUT2D eigenvalue weighted by Crippen LogP contribution is 2.42. The Morgan fingerprint density at radius 2 is 1.19 bits per heavy atom. The summed E-state index contributed by atoms with van der Waals surface area (Å²) in [5.74, 6) is -0.416. The van der Waals surface area contributed by atoms with E-state index in [1.54, 1.807) is 14.0 Å². The summed E-state index contributed by atoms with van der Waals surface area (Å²) in [6.07, 6.45) is 1.15. The monoisotopic (exact) mass is 696 g/mol. The lowest BCUT2D eigenvalue weighted by Gasteiger charge is -2.16. The van der Waals surface area contributed by atoms with E-state index in [2.05, 4.69) is 37.7 Å². The molecule has 2 aliphatic rings. The number of aromatic amines is 2. The number of hydrogen-bond acceptors (Lipinski definition) is 7. The van der Waals surface area contributed by atoms with Crippen LogP contribution in [0.3, 0.4) is 0 Å². The fraction of sp³-hybridized carbons (Fsp3) is 0.302. The van der Waals surface area contributed by atoms with Crippen LogP contribution in [0, 0.1) is 0 Å². The van der Waals surface area contributed by atoms with Gasteiger partial charge in [-0.05, 0) is 43.2 Å². The molecule has 0 saturated carbocycles. The van der Waals surface area contributed by atoms with Crippen LogP contribution in [0.1, 0.15) is 85.0 Å². The van der Waals surface area contributed by atoms with Crippen molar-refractivity contribution in [1.29, 1.82) is 0 Å². The van der Waals surface area contributed by atoms with E-state index < -0.39 is 17.4 Å². The number of H-pyrrole nitrogens is 2. The molecule has 0 atom stereocenters. The van der Waals surface area contributed by atoms with Crippen LogP contribution >= 0.6 is 0 Å². The first kappa shape index (κ1) is 34.7. The number of methoxy groups -OCH3 is 1. The van der Waals surface area contributed by atoms with Gasteiger partial charge in [-0.15, -0.1) is 0 Å². The van der Waals surface area contributed by atoms with Crippen LogP contribution in [-0.2, 0) is 33.1 Å². The number of carbonyl (C=O) groups excluding carboxylic acids is 2. The molecule has 9 heteroatoms. The molecule has 2 aliphatic heterocycles. The van der Waals surface area contributed by atoms with Gasteiger partial charge in [0.15, 0.2) is 5.75 Å². The largest absolute Gasteiger partial charge is 0.493 e. The van der Waals surface area contributed by atoms with E-state index in [-0.39, 0.29) is 18.6 Å². The second-order valence-electron chi connectivity index (χ2n) is 14.6. The van der Waals surface area contributed by atoms with E-state index in [0.29, 0.717) is 57.5 Å². The molecular formula is C43H44N4O5. The predicted octanol–water partition coefficient (Wildman–Crippen LogP) is 9.05. The molecule has 0 amide bonds. The average molecular weight is 697 g/mol. The third-order valence-corrected chi connectivity index (χ3v) is 9.88. The van der Waals surface area contributed by atoms with E-state index in [1.807, 2.05) is 85.8 Å². The van der Waals surface area contributed by atoms with Gasteiger partial charge >= 0.3 is 11.9 Å². The lowest BCUT2D eigenvalue weighted by Crippen LogP contribution is -2.15. The minimum atomic E-state index is -0.459. The number of aromatic nitrogens is 4. The number of fused-ring (bicyclic) bond motifs is 8. The number of esters is 2. The number of benzene rings is 2. The fourth-order valence-corrected chi connectivity index (χ4v) is 7.39. The van der Waals surface area contributed by atoms with Gasteiger partial charge in [0.1, 0.15) is 0 Å². The van der Waals surface area contributed by atoms with Crippen LogP contribution in [0.2, 0.25) is 0 Å². The second kappa shape index (κ2) is 13.5. The molecule has 7 rings (SSSR count). The topological polar surface area (TPSA) is 119 Å². The van der Waals surface area contributed by atoms with E-state index >= 15 is 0 Å². The third-order valence-electron chi connectivity index (χ3n) is 9.88. The van der Waals surface area contributed by atoms with Crippen molar-refractivity contribution >= 4 is 34.0 Å². The molecule has 8 bridgehead atoms. The molecular weight excluding hydrogens is 652 g/mol. The van der Waals surface area contributed by atoms with Crippen molar-refractivity contribution in [2.75, 3.05) is 20.3 Å². The van der Waals surface area contributed by atoms with Crippen molar-refractivity contribution in [2.45, 2.75) is 65.2 Å². The first-order valence-corrected chi connectivity index (χ1v) is 17.8. The Hall–Kier alpha value is -5.70. The maximum Gasteiger partial charge on any atom is 0.341 e. The van der Waals surface area contributed by atoms with Gasteiger partial charge in [-0.1, -0.05) is 88.4 Å². The zero-order valence-corrected chi connectivity index (χ0v) is 30.8. The van der Waals surface area contributed by atoms with Gasteiger partial charge in [0.05, 0.1) is 48.2 Å². The van der Waals surface area contributed by atoms with Gasteiger partial charge in [-0.3, -0.25) is 9.97 Å². The van der Waals surface area contributed by atoms with Crippen LogP contribution in [0.15, 0.2) is 78.9 Å². The molecule has 2 N–H and O–H groups in total. The highest BCUT2D eigenvalue weighted by Gasteiger charge is 2.34. The smallest absolute Gasteiger partial charge is 0.341 e. The minimum Gasteiger partial charge on any atom is -0.493 e. The van der Waals surface area contributed by atoms with Crippen molar-refractivity contribution in [3.05, 3.63) is 113 Å². The van der Waals surface area contributed by atoms with Crippen LogP contribution in [-0.4, -0.2) is 52.2 Å². The van der Waals surface area contributed by atoms with E-state index in [9.17, 15) is 9.59 Å². The number of hydrogen-bond donors (Lipinski definition) is 2. The summed E-state index contributed by atoms with van der Waals surface area (Å²) in [6.45, 7) is 12.6. The molecule has 0 saturated heterocycles. The van der Waals surface area contributed by atoms with Crippen LogP contribution in [0.4, 0.5) is 0 Å². The summed E-state index contributed by atoms with van der Waals surface area (Å²) in [4.78, 5) is 45.4. The Morgan fingerprint density at radius 1 is 0.673 bits per heavy atom. The highest BCUT2D eigenvalue weighted by atomic mass is 16.5. The molecule has 5 aromatic rings. The number of nitrogens with one attached hydrogen (secondary N) is 2. The van der Waals surface area contributed by atoms with Crippen LogP contribution in [0.25, 0.3) is 44.3 Å². The standard InChI is InChI=1S/C43H44N4O5/c1-8-51-40(48)36-28-20-27-23-42(3,4)32(44-27)22-30-35(26-18-14-11-15-19-26)37(41(49)52-9-2)38(47-30)39(50-7)31-24-43(5,6)33(46-31)21-29(45-28)34(36)25-16-12-10-13-17-25/h10-22,45,47H,8-9,23-24H2,1-7H3. The minimum absolute atomic E-state index is 0.212. The lowest BCUT2D eigenvalue weighted by atomic mass is 9.86. The van der Waals surface area contributed by atoms with Gasteiger partial charge in [0, 0.05) is 62.9 Å². The first-order valence-electron chi connectivity index (χ1n) is 17.8. The maximum atomic E-state index is 14.0. The van der Waals surface area contributed by atoms with Gasteiger partial charge < -0.3 is 24.2 Å². The number of rotatable bonds is 7. The SMILES string of the molecule is CCOC(=O)c1c(-c2ccccc2)c2cc3nc(c(OC)c4[nH]c(cc5nc(cc1[nH]2)CC5(C)C)c(-c1ccccc1)c4C(=O)OCC)CC3(C)C. The Bertz CT molecular complexity index is 2350. The number of nitrogens with zero attached hydrogens (tertiary/aromatic N) is 2. The normalized spacial score (nSPS) is 14.5. The Labute approximate surface area is 303 Å². The summed E-state index contributed by atoms with van der Waals surface area (Å²) in [7, 11) is 1.60. The van der Waals surface area contributed by atoms with Crippen LogP contribution < -0.4 is 4.74 Å². The lowest BCUT2D eigenvalue weighted by molar-refractivity contribution is 0.0520. The fourth-order valence-electron chi connectivity index (χ4n) is 7.39. The molecule has 2 aromatic carbocycles. The zero-order chi connectivity index (χ0) is 36.8. The molecule has 0 spiro atoms. The van der Waals surface area contributed by atoms with Crippen molar-refractivity contribution < 1.29 is 23.8 Å². The molecule has 0 radical (unpaired) electrons. The molecule has 52 heavy (non-hydrogen) atoms. The van der Waals surface area contributed by atoms with E-state index in [4.69, 9.17) is 24.2 Å². The van der Waals surface area contributed by atoms with Crippen molar-refractivity contribution in [3.63, 3.8) is 0 Å². The van der Waals surface area contributed by atoms with Crippen molar-refractivity contribution in [2.24, 2.45) is 0 Å². The molecule has 3 aromatic heterocycles.